The van der Waals surface area contributed by atoms with Crippen LogP contribution in [0.15, 0.2) is 40.4 Å². The first-order chi connectivity index (χ1) is 10.6. The lowest BCUT2D eigenvalue weighted by molar-refractivity contribution is -0.113. The maximum absolute atomic E-state index is 12.2. The normalized spacial score (nSPS) is 10.5. The maximum Gasteiger partial charge on any atom is 0.251 e. The second-order valence-electron chi connectivity index (χ2n) is 4.73. The van der Waals surface area contributed by atoms with E-state index in [2.05, 4.69) is 29.1 Å². The van der Waals surface area contributed by atoms with Gasteiger partial charge in [0, 0.05) is 18.0 Å². The monoisotopic (exact) mass is 317 g/mol. The van der Waals surface area contributed by atoms with Crippen LogP contribution < -0.4 is 10.9 Å². The van der Waals surface area contributed by atoms with E-state index in [-0.39, 0.29) is 17.2 Å². The highest BCUT2D eigenvalue weighted by Crippen LogP contribution is 2.23. The Morgan fingerprint density at radius 3 is 2.50 bits per heavy atom. The molecule has 0 aliphatic carbocycles. The number of aromatic amines is 1. The van der Waals surface area contributed by atoms with E-state index in [0.29, 0.717) is 5.16 Å². The van der Waals surface area contributed by atoms with Crippen molar-refractivity contribution in [2.45, 2.75) is 31.8 Å². The second kappa shape index (κ2) is 7.79. The van der Waals surface area contributed by atoms with Gasteiger partial charge in [-0.2, -0.15) is 0 Å². The van der Waals surface area contributed by atoms with Crippen LogP contribution in [-0.2, 0) is 17.6 Å². The zero-order valence-electron chi connectivity index (χ0n) is 12.7. The first-order valence-electron chi connectivity index (χ1n) is 7.22. The Morgan fingerprint density at radius 2 is 1.91 bits per heavy atom. The van der Waals surface area contributed by atoms with Gasteiger partial charge in [-0.3, -0.25) is 9.59 Å². The number of benzene rings is 1. The van der Waals surface area contributed by atoms with E-state index < -0.39 is 0 Å². The van der Waals surface area contributed by atoms with Gasteiger partial charge in [0.15, 0.2) is 5.16 Å². The summed E-state index contributed by atoms with van der Waals surface area (Å²) in [5.41, 5.74) is 2.95. The van der Waals surface area contributed by atoms with E-state index in [9.17, 15) is 9.59 Å². The molecule has 2 N–H and O–H groups in total. The Bertz CT molecular complexity index is 690. The van der Waals surface area contributed by atoms with Crippen molar-refractivity contribution in [1.29, 1.82) is 0 Å². The molecule has 1 amide bonds. The molecular weight excluding hydrogens is 298 g/mol. The molecule has 6 heteroatoms. The van der Waals surface area contributed by atoms with E-state index in [1.54, 1.807) is 0 Å². The summed E-state index contributed by atoms with van der Waals surface area (Å²) >= 11 is 1.21. The standard InChI is InChI=1S/C16H19N3O2S/c1-3-11-6-5-7-12(4-2)15(11)18-14(21)10-22-16-17-9-8-13(20)19-16/h5-9H,3-4,10H2,1-2H3,(H,18,21)(H,17,19,20). The summed E-state index contributed by atoms with van der Waals surface area (Å²) in [6, 6.07) is 7.41. The fraction of sp³-hybridized carbons (Fsp3) is 0.312. The van der Waals surface area contributed by atoms with E-state index in [1.807, 2.05) is 18.2 Å². The number of thioether (sulfide) groups is 1. The van der Waals surface area contributed by atoms with Crippen LogP contribution in [0.4, 0.5) is 5.69 Å². The van der Waals surface area contributed by atoms with Gasteiger partial charge in [0.2, 0.25) is 5.91 Å². The lowest BCUT2D eigenvalue weighted by Gasteiger charge is -2.14. The maximum atomic E-state index is 12.2. The van der Waals surface area contributed by atoms with Crippen LogP contribution in [0.5, 0.6) is 0 Å². The number of amides is 1. The molecule has 0 fully saturated rings. The predicted molar refractivity (Wildman–Crippen MR) is 89.4 cm³/mol. The molecule has 0 saturated heterocycles. The Hall–Kier alpha value is -2.08. The van der Waals surface area contributed by atoms with E-state index in [0.717, 1.165) is 29.7 Å². The molecule has 1 aromatic carbocycles. The molecule has 0 unspecified atom stereocenters. The third kappa shape index (κ3) is 4.21. The summed E-state index contributed by atoms with van der Waals surface area (Å²) in [6.07, 6.45) is 3.16. The molecule has 2 rings (SSSR count). The zero-order valence-corrected chi connectivity index (χ0v) is 13.5. The number of carbonyl (C=O) groups excluding carboxylic acids is 1. The molecule has 0 radical (unpaired) electrons. The van der Waals surface area contributed by atoms with Crippen LogP contribution in [0.1, 0.15) is 25.0 Å². The lowest BCUT2D eigenvalue weighted by atomic mass is 10.0. The highest BCUT2D eigenvalue weighted by molar-refractivity contribution is 7.99. The molecule has 1 aromatic heterocycles. The molecule has 0 saturated carbocycles. The van der Waals surface area contributed by atoms with Gasteiger partial charge in [-0.05, 0) is 24.0 Å². The number of rotatable bonds is 6. The Kier molecular flexibility index (Phi) is 5.77. The van der Waals surface area contributed by atoms with Gasteiger partial charge in [0.1, 0.15) is 0 Å². The summed E-state index contributed by atoms with van der Waals surface area (Å²) in [6.45, 7) is 4.13. The number of hydrogen-bond acceptors (Lipinski definition) is 4. The SMILES string of the molecule is CCc1cccc(CC)c1NC(=O)CSc1nccc(=O)[nH]1. The van der Waals surface area contributed by atoms with Crippen molar-refractivity contribution >= 4 is 23.4 Å². The van der Waals surface area contributed by atoms with Crippen LogP contribution in [0, 0.1) is 0 Å². The largest absolute Gasteiger partial charge is 0.325 e. The topological polar surface area (TPSA) is 74.8 Å². The fourth-order valence-corrected chi connectivity index (χ4v) is 2.79. The van der Waals surface area contributed by atoms with Crippen LogP contribution >= 0.6 is 11.8 Å². The van der Waals surface area contributed by atoms with Crippen molar-refractivity contribution in [3.05, 3.63) is 51.9 Å². The van der Waals surface area contributed by atoms with Crippen molar-refractivity contribution in [3.8, 4) is 0 Å². The molecule has 0 bridgehead atoms. The molecule has 0 spiro atoms. The minimum absolute atomic E-state index is 0.105. The summed E-state index contributed by atoms with van der Waals surface area (Å²) < 4.78 is 0. The number of hydrogen-bond donors (Lipinski definition) is 2. The van der Waals surface area contributed by atoms with Crippen molar-refractivity contribution < 1.29 is 4.79 Å². The molecule has 116 valence electrons. The summed E-state index contributed by atoms with van der Waals surface area (Å²) in [5.74, 6) is 0.0980. The van der Waals surface area contributed by atoms with Crippen molar-refractivity contribution in [3.63, 3.8) is 0 Å². The van der Waals surface area contributed by atoms with Crippen molar-refractivity contribution in [2.75, 3.05) is 11.1 Å². The number of aromatic nitrogens is 2. The Labute approximate surface area is 133 Å². The first-order valence-corrected chi connectivity index (χ1v) is 8.21. The number of nitrogens with zero attached hydrogens (tertiary/aromatic N) is 1. The van der Waals surface area contributed by atoms with Gasteiger partial charge in [-0.1, -0.05) is 43.8 Å². The van der Waals surface area contributed by atoms with Crippen LogP contribution in [0.2, 0.25) is 0 Å². The molecule has 0 atom stereocenters. The summed E-state index contributed by atoms with van der Waals surface area (Å²) in [7, 11) is 0. The Morgan fingerprint density at radius 1 is 1.23 bits per heavy atom. The lowest BCUT2D eigenvalue weighted by Crippen LogP contribution is -2.17. The number of aryl methyl sites for hydroxylation is 2. The van der Waals surface area contributed by atoms with Gasteiger partial charge < -0.3 is 10.3 Å². The summed E-state index contributed by atoms with van der Waals surface area (Å²) in [4.78, 5) is 29.9. The van der Waals surface area contributed by atoms with Gasteiger partial charge in [-0.15, -0.1) is 0 Å². The fourth-order valence-electron chi connectivity index (χ4n) is 2.14. The van der Waals surface area contributed by atoms with Gasteiger partial charge in [0.25, 0.3) is 5.56 Å². The highest BCUT2D eigenvalue weighted by atomic mass is 32.2. The predicted octanol–water partition coefficient (Wildman–Crippen LogP) is 2.63. The first kappa shape index (κ1) is 16.3. The molecule has 22 heavy (non-hydrogen) atoms. The molecule has 0 aliphatic rings. The van der Waals surface area contributed by atoms with Crippen molar-refractivity contribution in [1.82, 2.24) is 9.97 Å². The molecule has 2 aromatic rings. The van der Waals surface area contributed by atoms with Gasteiger partial charge >= 0.3 is 0 Å². The molecular formula is C16H19N3O2S. The van der Waals surface area contributed by atoms with Gasteiger partial charge in [-0.25, -0.2) is 4.98 Å². The highest BCUT2D eigenvalue weighted by Gasteiger charge is 2.10. The van der Waals surface area contributed by atoms with Crippen molar-refractivity contribution in [2.24, 2.45) is 0 Å². The smallest absolute Gasteiger partial charge is 0.251 e. The van der Waals surface area contributed by atoms with E-state index in [1.165, 1.54) is 24.0 Å². The third-order valence-corrected chi connectivity index (χ3v) is 4.14. The Balaban J connectivity index is 2.04. The van der Waals surface area contributed by atoms with Crippen LogP contribution in [0.25, 0.3) is 0 Å². The minimum Gasteiger partial charge on any atom is -0.325 e. The van der Waals surface area contributed by atoms with Crippen LogP contribution in [-0.4, -0.2) is 21.6 Å². The molecule has 0 aliphatic heterocycles. The number of H-pyrrole nitrogens is 1. The van der Waals surface area contributed by atoms with E-state index >= 15 is 0 Å². The number of nitrogens with one attached hydrogen (secondary N) is 2. The average molecular weight is 317 g/mol. The number of anilines is 1. The minimum atomic E-state index is -0.220. The van der Waals surface area contributed by atoms with Crippen LogP contribution in [0.3, 0.4) is 0 Å². The zero-order chi connectivity index (χ0) is 15.9. The van der Waals surface area contributed by atoms with Gasteiger partial charge in [0.05, 0.1) is 5.75 Å². The average Bonchev–Trinajstić information content (AvgIpc) is 2.53. The number of carbonyl (C=O) groups is 1. The van der Waals surface area contributed by atoms with E-state index in [4.69, 9.17) is 0 Å². The third-order valence-electron chi connectivity index (χ3n) is 3.25. The molecule has 5 nitrogen and oxygen atoms in total. The number of para-hydroxylation sites is 1. The molecule has 1 heterocycles. The quantitative estimate of drug-likeness (QED) is 0.634. The second-order valence-corrected chi connectivity index (χ2v) is 5.70. The summed E-state index contributed by atoms with van der Waals surface area (Å²) in [5, 5.41) is 3.43.